The predicted octanol–water partition coefficient (Wildman–Crippen LogP) is 3.45. The van der Waals surface area contributed by atoms with Crippen LogP contribution in [0.15, 0.2) is 36.9 Å². The highest BCUT2D eigenvalue weighted by Gasteiger charge is 2.21. The number of nitrogens with one attached hydrogen (secondary N) is 1. The molecule has 1 aliphatic rings. The van der Waals surface area contributed by atoms with Crippen molar-refractivity contribution in [1.82, 2.24) is 10.2 Å². The molecule has 0 bridgehead atoms. The van der Waals surface area contributed by atoms with E-state index in [4.69, 9.17) is 4.74 Å². The topological polar surface area (TPSA) is 24.5 Å². The van der Waals surface area contributed by atoms with E-state index in [1.165, 1.54) is 5.56 Å². The maximum atomic E-state index is 5.24. The van der Waals surface area contributed by atoms with Crippen LogP contribution in [-0.2, 0) is 0 Å². The highest BCUT2D eigenvalue weighted by atomic mass is 35.5. The first-order chi connectivity index (χ1) is 9.35. The van der Waals surface area contributed by atoms with Gasteiger partial charge in [-0.1, -0.05) is 18.2 Å². The minimum Gasteiger partial charge on any atom is -0.497 e. The Morgan fingerprint density at radius 3 is 2.38 bits per heavy atom. The van der Waals surface area contributed by atoms with E-state index in [1.807, 2.05) is 6.08 Å². The van der Waals surface area contributed by atoms with Crippen LogP contribution in [0.25, 0.3) is 0 Å². The maximum Gasteiger partial charge on any atom is 0.118 e. The number of halogens is 2. The van der Waals surface area contributed by atoms with E-state index in [2.05, 4.69) is 41.1 Å². The van der Waals surface area contributed by atoms with Gasteiger partial charge in [-0.15, -0.1) is 31.4 Å². The van der Waals surface area contributed by atoms with Gasteiger partial charge in [-0.2, -0.15) is 0 Å². The van der Waals surface area contributed by atoms with E-state index in [0.717, 1.165) is 44.8 Å². The van der Waals surface area contributed by atoms with Gasteiger partial charge in [-0.25, -0.2) is 0 Å². The zero-order valence-electron chi connectivity index (χ0n) is 12.6. The number of rotatable bonds is 6. The molecule has 120 valence electrons. The molecule has 1 aromatic carbocycles. The van der Waals surface area contributed by atoms with Gasteiger partial charge >= 0.3 is 0 Å². The fourth-order valence-corrected chi connectivity index (χ4v) is 2.66. The molecule has 1 saturated heterocycles. The predicted molar refractivity (Wildman–Crippen MR) is 94.1 cm³/mol. The second-order valence-corrected chi connectivity index (χ2v) is 4.94. The Kier molecular flexibility index (Phi) is 10.5. The van der Waals surface area contributed by atoms with E-state index in [-0.39, 0.29) is 24.8 Å². The number of nitrogens with zero attached hydrogens (tertiary/aromatic N) is 1. The lowest BCUT2D eigenvalue weighted by Crippen LogP contribution is -2.45. The molecule has 0 unspecified atom stereocenters. The number of ether oxygens (including phenoxy) is 1. The highest BCUT2D eigenvalue weighted by Crippen LogP contribution is 2.27. The molecule has 2 rings (SSSR count). The second-order valence-electron chi connectivity index (χ2n) is 4.94. The van der Waals surface area contributed by atoms with Crippen molar-refractivity contribution < 1.29 is 4.74 Å². The monoisotopic (exact) mass is 332 g/mol. The Morgan fingerprint density at radius 1 is 1.24 bits per heavy atom. The summed E-state index contributed by atoms with van der Waals surface area (Å²) in [6, 6.07) is 8.98. The minimum absolute atomic E-state index is 0. The Labute approximate surface area is 140 Å². The minimum atomic E-state index is 0. The van der Waals surface area contributed by atoms with Gasteiger partial charge in [0, 0.05) is 32.2 Å². The molecule has 0 spiro atoms. The van der Waals surface area contributed by atoms with Crippen molar-refractivity contribution in [3.63, 3.8) is 0 Å². The lowest BCUT2D eigenvalue weighted by atomic mass is 9.99. The van der Waals surface area contributed by atoms with Crippen LogP contribution in [0.5, 0.6) is 5.75 Å². The van der Waals surface area contributed by atoms with Crippen LogP contribution in [-0.4, -0.2) is 38.2 Å². The summed E-state index contributed by atoms with van der Waals surface area (Å²) in [6.45, 7) is 8.25. The molecule has 0 amide bonds. The molecule has 0 saturated carbocycles. The first-order valence-corrected chi connectivity index (χ1v) is 7.04. The fourth-order valence-electron chi connectivity index (χ4n) is 2.66. The number of piperazine rings is 1. The Bertz CT molecular complexity index is 392. The number of benzene rings is 1. The smallest absolute Gasteiger partial charge is 0.118 e. The van der Waals surface area contributed by atoms with Gasteiger partial charge in [0.15, 0.2) is 0 Å². The molecule has 3 nitrogen and oxygen atoms in total. The zero-order chi connectivity index (χ0) is 13.5. The summed E-state index contributed by atoms with van der Waals surface area (Å²) in [6.07, 6.45) is 4.20. The molecule has 1 heterocycles. The Hall–Kier alpha value is -0.740. The number of hydrogen-bond acceptors (Lipinski definition) is 3. The number of hydrogen-bond donors (Lipinski definition) is 1. The Balaban J connectivity index is 0.00000200. The first kappa shape index (κ1) is 20.3. The number of allylic oxidation sites excluding steroid dienone is 1. The van der Waals surface area contributed by atoms with Crippen LogP contribution in [0, 0.1) is 0 Å². The number of methoxy groups -OCH3 is 1. The van der Waals surface area contributed by atoms with E-state index in [9.17, 15) is 0 Å². The molecule has 21 heavy (non-hydrogen) atoms. The van der Waals surface area contributed by atoms with Gasteiger partial charge in [0.2, 0.25) is 0 Å². The summed E-state index contributed by atoms with van der Waals surface area (Å²) in [7, 11) is 1.71. The van der Waals surface area contributed by atoms with Gasteiger partial charge in [-0.05, 0) is 30.5 Å². The van der Waals surface area contributed by atoms with Crippen LogP contribution >= 0.6 is 24.8 Å². The molecule has 0 radical (unpaired) electrons. The molecule has 5 heteroatoms. The van der Waals surface area contributed by atoms with Crippen molar-refractivity contribution in [2.24, 2.45) is 0 Å². The van der Waals surface area contributed by atoms with Crippen LogP contribution in [0.4, 0.5) is 0 Å². The average molecular weight is 333 g/mol. The molecule has 1 fully saturated rings. The molecular formula is C16H26Cl2N2O. The largest absolute Gasteiger partial charge is 0.497 e. The first-order valence-electron chi connectivity index (χ1n) is 7.04. The van der Waals surface area contributed by atoms with Gasteiger partial charge in [-0.3, -0.25) is 4.90 Å². The van der Waals surface area contributed by atoms with Gasteiger partial charge in [0.1, 0.15) is 5.75 Å². The lowest BCUT2D eigenvalue weighted by Gasteiger charge is -2.35. The quantitative estimate of drug-likeness (QED) is 0.807. The summed E-state index contributed by atoms with van der Waals surface area (Å²) in [5, 5.41) is 3.41. The van der Waals surface area contributed by atoms with Crippen LogP contribution in [0.3, 0.4) is 0 Å². The molecule has 1 aliphatic heterocycles. The van der Waals surface area contributed by atoms with E-state index in [1.54, 1.807) is 7.11 Å². The summed E-state index contributed by atoms with van der Waals surface area (Å²) >= 11 is 0. The van der Waals surface area contributed by atoms with Gasteiger partial charge in [0.25, 0.3) is 0 Å². The normalized spacial score (nSPS) is 16.2. The summed E-state index contributed by atoms with van der Waals surface area (Å²) < 4.78 is 5.24. The third-order valence-corrected chi connectivity index (χ3v) is 3.74. The fraction of sp³-hybridized carbons (Fsp3) is 0.500. The van der Waals surface area contributed by atoms with Gasteiger partial charge < -0.3 is 10.1 Å². The van der Waals surface area contributed by atoms with E-state index >= 15 is 0 Å². The third-order valence-electron chi connectivity index (χ3n) is 3.74. The maximum absolute atomic E-state index is 5.24. The van der Waals surface area contributed by atoms with Crippen molar-refractivity contribution >= 4 is 24.8 Å². The van der Waals surface area contributed by atoms with Crippen molar-refractivity contribution in [3.8, 4) is 5.75 Å². The molecule has 1 N–H and O–H groups in total. The van der Waals surface area contributed by atoms with Crippen molar-refractivity contribution in [3.05, 3.63) is 42.5 Å². The van der Waals surface area contributed by atoms with Crippen molar-refractivity contribution in [1.29, 1.82) is 0 Å². The molecule has 1 aromatic rings. The third kappa shape index (κ3) is 5.87. The molecular weight excluding hydrogens is 307 g/mol. The highest BCUT2D eigenvalue weighted by molar-refractivity contribution is 5.85. The summed E-state index contributed by atoms with van der Waals surface area (Å²) in [4.78, 5) is 2.57. The van der Waals surface area contributed by atoms with Crippen LogP contribution in [0.2, 0.25) is 0 Å². The van der Waals surface area contributed by atoms with Crippen molar-refractivity contribution in [2.45, 2.75) is 18.9 Å². The van der Waals surface area contributed by atoms with Crippen LogP contribution < -0.4 is 10.1 Å². The van der Waals surface area contributed by atoms with E-state index < -0.39 is 0 Å². The lowest BCUT2D eigenvalue weighted by molar-refractivity contribution is 0.166. The second kappa shape index (κ2) is 10.9. The van der Waals surface area contributed by atoms with Crippen LogP contribution in [0.1, 0.15) is 24.4 Å². The van der Waals surface area contributed by atoms with E-state index in [0.29, 0.717) is 6.04 Å². The summed E-state index contributed by atoms with van der Waals surface area (Å²) in [5.74, 6) is 0.923. The zero-order valence-corrected chi connectivity index (χ0v) is 14.2. The molecule has 0 aromatic heterocycles. The molecule has 0 aliphatic carbocycles. The summed E-state index contributed by atoms with van der Waals surface area (Å²) in [5.41, 5.74) is 1.38. The van der Waals surface area contributed by atoms with Crippen molar-refractivity contribution in [2.75, 3.05) is 33.3 Å². The average Bonchev–Trinajstić information content (AvgIpc) is 2.49. The molecule has 1 atom stereocenters. The standard InChI is InChI=1S/C16H24N2O.2ClH/c1-3-4-5-16(18-12-10-17-11-13-18)14-6-8-15(19-2)9-7-14;;/h3,6-9,16-17H,1,4-5,10-13H2,2H3;2*1H/t16-;;/m0../s1. The SMILES string of the molecule is C=CCC[C@@H](c1ccc(OC)cc1)N1CCNCC1.Cl.Cl. The van der Waals surface area contributed by atoms with Gasteiger partial charge in [0.05, 0.1) is 7.11 Å². The Morgan fingerprint density at radius 2 is 1.86 bits per heavy atom.